The van der Waals surface area contributed by atoms with Crippen molar-refractivity contribution in [1.29, 1.82) is 0 Å². The third-order valence-corrected chi connectivity index (χ3v) is 4.09. The van der Waals surface area contributed by atoms with Crippen molar-refractivity contribution < 1.29 is 19.4 Å². The second kappa shape index (κ2) is 4.37. The van der Waals surface area contributed by atoms with Crippen LogP contribution in [0.1, 0.15) is 27.2 Å². The molecule has 1 heterocycles. The zero-order valence-corrected chi connectivity index (χ0v) is 11.9. The number of piperidine rings is 1. The zero-order valence-electron chi connectivity index (χ0n) is 11.9. The maximum absolute atomic E-state index is 11.9. The van der Waals surface area contributed by atoms with Crippen LogP contribution in [-0.2, 0) is 9.53 Å². The van der Waals surface area contributed by atoms with E-state index in [-0.39, 0.29) is 29.9 Å². The number of ether oxygens (including phenoxy) is 1. The van der Waals surface area contributed by atoms with Gasteiger partial charge in [0.05, 0.1) is 6.42 Å². The number of carbonyl (C=O) groups is 2. The van der Waals surface area contributed by atoms with Crippen LogP contribution in [-0.4, -0.2) is 53.3 Å². The van der Waals surface area contributed by atoms with E-state index in [0.717, 1.165) is 0 Å². The number of aliphatic carboxylic acids is 1. The third-order valence-electron chi connectivity index (χ3n) is 4.09. The second-order valence-corrected chi connectivity index (χ2v) is 6.46. The number of nitrogens with one attached hydrogen (secondary N) is 1. The molecule has 19 heavy (non-hydrogen) atoms. The highest BCUT2D eigenvalue weighted by Gasteiger charge is 2.68. The molecule has 3 atom stereocenters. The standard InChI is InChI=1S/C13H22N2O4/c1-12(2,3)19-11(18)15-6-8-9(7-15)13(8,14-4)5-10(16)17/h8-9,14H,5-7H2,1-4H3,(H,16,17)/t8-,9?,13?/m0/s1. The first-order valence-electron chi connectivity index (χ1n) is 6.58. The van der Waals surface area contributed by atoms with Gasteiger partial charge in [-0.3, -0.25) is 4.79 Å². The van der Waals surface area contributed by atoms with Crippen LogP contribution in [0, 0.1) is 11.8 Å². The molecule has 108 valence electrons. The van der Waals surface area contributed by atoms with E-state index in [1.807, 2.05) is 20.8 Å². The topological polar surface area (TPSA) is 78.9 Å². The van der Waals surface area contributed by atoms with Crippen LogP contribution in [0.4, 0.5) is 4.79 Å². The SMILES string of the molecule is CNC1(CC(=O)O)C2CN(C(=O)OC(C)(C)C)C[C@@H]21. The predicted molar refractivity (Wildman–Crippen MR) is 68.8 cm³/mol. The molecule has 6 nitrogen and oxygen atoms in total. The monoisotopic (exact) mass is 270 g/mol. The minimum absolute atomic E-state index is 0.112. The Hall–Kier alpha value is -1.30. The minimum Gasteiger partial charge on any atom is -0.481 e. The Labute approximate surface area is 113 Å². The molecule has 2 rings (SSSR count). The van der Waals surface area contributed by atoms with Crippen molar-refractivity contribution >= 4 is 12.1 Å². The summed E-state index contributed by atoms with van der Waals surface area (Å²) >= 11 is 0. The average molecular weight is 270 g/mol. The molecular formula is C13H22N2O4. The minimum atomic E-state index is -0.799. The first-order chi connectivity index (χ1) is 8.69. The maximum Gasteiger partial charge on any atom is 0.410 e. The number of likely N-dealkylation sites (tertiary alicyclic amines) is 1. The Bertz CT molecular complexity index is 390. The van der Waals surface area contributed by atoms with E-state index in [2.05, 4.69) is 5.32 Å². The molecule has 1 aliphatic carbocycles. The molecule has 1 aliphatic heterocycles. The number of carbonyl (C=O) groups excluding carboxylic acids is 1. The van der Waals surface area contributed by atoms with Crippen LogP contribution >= 0.6 is 0 Å². The van der Waals surface area contributed by atoms with Crippen molar-refractivity contribution in [2.24, 2.45) is 11.8 Å². The number of carboxylic acid groups (broad SMARTS) is 1. The summed E-state index contributed by atoms with van der Waals surface area (Å²) in [5.74, 6) is -0.352. The fourth-order valence-corrected chi connectivity index (χ4v) is 3.18. The Balaban J connectivity index is 1.92. The molecule has 2 unspecified atom stereocenters. The highest BCUT2D eigenvalue weighted by Crippen LogP contribution is 2.57. The van der Waals surface area contributed by atoms with Gasteiger partial charge in [-0.1, -0.05) is 0 Å². The fraction of sp³-hybridized carbons (Fsp3) is 0.846. The van der Waals surface area contributed by atoms with E-state index in [1.54, 1.807) is 11.9 Å². The molecule has 0 spiro atoms. The summed E-state index contributed by atoms with van der Waals surface area (Å²) in [6.07, 6.45) is -0.193. The van der Waals surface area contributed by atoms with Gasteiger partial charge >= 0.3 is 12.1 Å². The maximum atomic E-state index is 11.9. The molecule has 6 heteroatoms. The van der Waals surface area contributed by atoms with Gasteiger partial charge in [0, 0.05) is 30.5 Å². The molecule has 2 N–H and O–H groups in total. The quantitative estimate of drug-likeness (QED) is 0.797. The van der Waals surface area contributed by atoms with Gasteiger partial charge in [0.1, 0.15) is 5.60 Å². The van der Waals surface area contributed by atoms with Crippen molar-refractivity contribution in [1.82, 2.24) is 10.2 Å². The Morgan fingerprint density at radius 1 is 1.37 bits per heavy atom. The molecule has 1 saturated heterocycles. The Kier molecular flexibility index (Phi) is 3.24. The summed E-state index contributed by atoms with van der Waals surface area (Å²) in [7, 11) is 1.79. The van der Waals surface area contributed by atoms with Crippen LogP contribution in [0.3, 0.4) is 0 Å². The van der Waals surface area contributed by atoms with Crippen molar-refractivity contribution in [3.05, 3.63) is 0 Å². The van der Waals surface area contributed by atoms with Gasteiger partial charge in [0.25, 0.3) is 0 Å². The molecule has 0 bridgehead atoms. The number of fused-ring (bicyclic) bond motifs is 1. The van der Waals surface area contributed by atoms with E-state index < -0.39 is 11.6 Å². The molecule has 2 fully saturated rings. The van der Waals surface area contributed by atoms with E-state index >= 15 is 0 Å². The second-order valence-electron chi connectivity index (χ2n) is 6.46. The molecule has 1 saturated carbocycles. The number of rotatable bonds is 3. The van der Waals surface area contributed by atoms with Gasteiger partial charge in [-0.05, 0) is 27.8 Å². The van der Waals surface area contributed by atoms with Gasteiger partial charge in [-0.25, -0.2) is 4.79 Å². The number of amides is 1. The van der Waals surface area contributed by atoms with E-state index in [4.69, 9.17) is 9.84 Å². The lowest BCUT2D eigenvalue weighted by molar-refractivity contribution is -0.138. The summed E-state index contributed by atoms with van der Waals surface area (Å²) < 4.78 is 5.32. The van der Waals surface area contributed by atoms with Crippen LogP contribution in [0.15, 0.2) is 0 Å². The number of carboxylic acids is 1. The molecule has 0 aromatic heterocycles. The Morgan fingerprint density at radius 3 is 2.26 bits per heavy atom. The van der Waals surface area contributed by atoms with E-state index in [0.29, 0.717) is 13.1 Å². The smallest absolute Gasteiger partial charge is 0.410 e. The molecule has 2 aliphatic rings. The van der Waals surface area contributed by atoms with Gasteiger partial charge in [0.15, 0.2) is 0 Å². The molecule has 1 amide bonds. The number of nitrogens with zero attached hydrogens (tertiary/aromatic N) is 1. The van der Waals surface area contributed by atoms with Gasteiger partial charge in [-0.2, -0.15) is 0 Å². The van der Waals surface area contributed by atoms with Crippen LogP contribution in [0.25, 0.3) is 0 Å². The van der Waals surface area contributed by atoms with Gasteiger partial charge in [0.2, 0.25) is 0 Å². The largest absolute Gasteiger partial charge is 0.481 e. The van der Waals surface area contributed by atoms with Gasteiger partial charge < -0.3 is 20.1 Å². The van der Waals surface area contributed by atoms with Crippen LogP contribution < -0.4 is 5.32 Å². The number of hydrogen-bond donors (Lipinski definition) is 2. The van der Waals surface area contributed by atoms with Crippen LogP contribution in [0.2, 0.25) is 0 Å². The third kappa shape index (κ3) is 2.54. The lowest BCUT2D eigenvalue weighted by Crippen LogP contribution is -2.44. The zero-order chi connectivity index (χ0) is 14.4. The van der Waals surface area contributed by atoms with Gasteiger partial charge in [-0.15, -0.1) is 0 Å². The molecular weight excluding hydrogens is 248 g/mol. The summed E-state index contributed by atoms with van der Waals surface area (Å²) in [6.45, 7) is 6.67. The highest BCUT2D eigenvalue weighted by molar-refractivity contribution is 5.72. The lowest BCUT2D eigenvalue weighted by Gasteiger charge is -2.28. The highest BCUT2D eigenvalue weighted by atomic mass is 16.6. The average Bonchev–Trinajstić information content (AvgIpc) is 2.67. The molecule has 0 radical (unpaired) electrons. The lowest BCUT2D eigenvalue weighted by atomic mass is 10.1. The van der Waals surface area contributed by atoms with Crippen molar-refractivity contribution in [2.45, 2.75) is 38.3 Å². The summed E-state index contributed by atoms with van der Waals surface area (Å²) in [5.41, 5.74) is -0.824. The summed E-state index contributed by atoms with van der Waals surface area (Å²) in [6, 6.07) is 0. The summed E-state index contributed by atoms with van der Waals surface area (Å²) in [5, 5.41) is 12.1. The van der Waals surface area contributed by atoms with Crippen molar-refractivity contribution in [2.75, 3.05) is 20.1 Å². The predicted octanol–water partition coefficient (Wildman–Crippen LogP) is 0.916. The first-order valence-corrected chi connectivity index (χ1v) is 6.58. The van der Waals surface area contributed by atoms with Crippen molar-refractivity contribution in [3.63, 3.8) is 0 Å². The molecule has 0 aromatic rings. The summed E-state index contributed by atoms with van der Waals surface area (Å²) in [4.78, 5) is 24.5. The molecule has 0 aromatic carbocycles. The van der Waals surface area contributed by atoms with E-state index in [1.165, 1.54) is 0 Å². The fourth-order valence-electron chi connectivity index (χ4n) is 3.18. The first kappa shape index (κ1) is 14.1. The van der Waals surface area contributed by atoms with E-state index in [9.17, 15) is 9.59 Å². The normalized spacial score (nSPS) is 32.9. The van der Waals surface area contributed by atoms with Crippen LogP contribution in [0.5, 0.6) is 0 Å². The number of hydrogen-bond acceptors (Lipinski definition) is 4. The Morgan fingerprint density at radius 2 is 1.89 bits per heavy atom. The van der Waals surface area contributed by atoms with Crippen molar-refractivity contribution in [3.8, 4) is 0 Å².